The van der Waals surface area contributed by atoms with Crippen molar-refractivity contribution in [3.63, 3.8) is 0 Å². The smallest absolute Gasteiger partial charge is 0.340 e. The fourth-order valence-corrected chi connectivity index (χ4v) is 3.48. The number of amides is 1. The summed E-state index contributed by atoms with van der Waals surface area (Å²) in [4.78, 5) is 24.1. The molecule has 0 fully saturated rings. The summed E-state index contributed by atoms with van der Waals surface area (Å²) in [5.74, 6) is 0.00983. The molecular weight excluding hydrogens is 372 g/mol. The number of thioether (sulfide) groups is 1. The lowest BCUT2D eigenvalue weighted by Gasteiger charge is -2.09. The Hall–Kier alpha value is -2.13. The first kappa shape index (κ1) is 20.2. The van der Waals surface area contributed by atoms with Crippen molar-refractivity contribution < 1.29 is 14.3 Å². The first-order chi connectivity index (χ1) is 12.5. The van der Waals surface area contributed by atoms with Crippen LogP contribution in [-0.4, -0.2) is 41.0 Å². The number of nitrogens with one attached hydrogen (secondary N) is 2. The van der Waals surface area contributed by atoms with Gasteiger partial charge in [-0.05, 0) is 25.0 Å². The lowest BCUT2D eigenvalue weighted by molar-refractivity contribution is -0.113. The van der Waals surface area contributed by atoms with E-state index in [9.17, 15) is 9.59 Å². The maximum Gasteiger partial charge on any atom is 0.340 e. The fourth-order valence-electron chi connectivity index (χ4n) is 1.92. The van der Waals surface area contributed by atoms with Crippen LogP contribution in [0.2, 0.25) is 0 Å². The lowest BCUT2D eigenvalue weighted by Crippen LogP contribution is -2.17. The van der Waals surface area contributed by atoms with Crippen LogP contribution in [0, 0.1) is 5.92 Å². The Labute approximate surface area is 160 Å². The molecule has 0 saturated heterocycles. The highest BCUT2D eigenvalue weighted by molar-refractivity contribution is 8.01. The van der Waals surface area contributed by atoms with Crippen molar-refractivity contribution in [2.75, 3.05) is 29.5 Å². The van der Waals surface area contributed by atoms with Gasteiger partial charge in [0, 0.05) is 6.54 Å². The van der Waals surface area contributed by atoms with Gasteiger partial charge in [-0.3, -0.25) is 4.79 Å². The van der Waals surface area contributed by atoms with Crippen molar-refractivity contribution in [1.82, 2.24) is 10.2 Å². The molecule has 0 atom stereocenters. The second kappa shape index (κ2) is 10.1. The Morgan fingerprint density at radius 2 is 2.04 bits per heavy atom. The molecule has 1 aromatic carbocycles. The number of hydrogen-bond donors (Lipinski definition) is 2. The van der Waals surface area contributed by atoms with E-state index in [4.69, 9.17) is 4.74 Å². The van der Waals surface area contributed by atoms with Gasteiger partial charge in [0.15, 0.2) is 4.34 Å². The van der Waals surface area contributed by atoms with Crippen molar-refractivity contribution in [2.45, 2.75) is 25.1 Å². The molecule has 1 heterocycles. The van der Waals surface area contributed by atoms with E-state index in [1.54, 1.807) is 31.2 Å². The van der Waals surface area contributed by atoms with Crippen molar-refractivity contribution in [2.24, 2.45) is 5.92 Å². The highest BCUT2D eigenvalue weighted by Crippen LogP contribution is 2.26. The summed E-state index contributed by atoms with van der Waals surface area (Å²) in [6, 6.07) is 6.78. The largest absolute Gasteiger partial charge is 0.462 e. The molecule has 1 amide bonds. The Bertz CT molecular complexity index is 749. The quantitative estimate of drug-likeness (QED) is 0.496. The molecule has 0 radical (unpaired) electrons. The number of nitrogens with zero attached hydrogens (tertiary/aromatic N) is 2. The highest BCUT2D eigenvalue weighted by atomic mass is 32.2. The van der Waals surface area contributed by atoms with Crippen LogP contribution in [0.4, 0.5) is 10.8 Å². The first-order valence-electron chi connectivity index (χ1n) is 8.25. The average Bonchev–Trinajstić information content (AvgIpc) is 3.07. The molecule has 2 rings (SSSR count). The van der Waals surface area contributed by atoms with Crippen LogP contribution >= 0.6 is 23.1 Å². The number of ether oxygens (including phenoxy) is 1. The second-order valence-corrected chi connectivity index (χ2v) is 7.95. The van der Waals surface area contributed by atoms with Crippen molar-refractivity contribution in [3.8, 4) is 0 Å². The third-order valence-corrected chi connectivity index (χ3v) is 5.11. The van der Waals surface area contributed by atoms with Gasteiger partial charge in [0.25, 0.3) is 0 Å². The van der Waals surface area contributed by atoms with Crippen LogP contribution in [0.5, 0.6) is 0 Å². The Morgan fingerprint density at radius 1 is 1.27 bits per heavy atom. The third kappa shape index (κ3) is 6.30. The van der Waals surface area contributed by atoms with Gasteiger partial charge in [0.05, 0.1) is 23.6 Å². The van der Waals surface area contributed by atoms with E-state index in [0.717, 1.165) is 11.7 Å². The summed E-state index contributed by atoms with van der Waals surface area (Å²) in [5, 5.41) is 14.8. The zero-order valence-electron chi connectivity index (χ0n) is 14.9. The number of benzene rings is 1. The first-order valence-corrected chi connectivity index (χ1v) is 10.1. The summed E-state index contributed by atoms with van der Waals surface area (Å²) in [5.41, 5.74) is 0.775. The molecule has 140 valence electrons. The average molecular weight is 395 g/mol. The van der Waals surface area contributed by atoms with Gasteiger partial charge in [-0.25, -0.2) is 4.79 Å². The van der Waals surface area contributed by atoms with E-state index in [2.05, 4.69) is 34.7 Å². The fraction of sp³-hybridized carbons (Fsp3) is 0.412. The van der Waals surface area contributed by atoms with Crippen LogP contribution in [-0.2, 0) is 9.53 Å². The Morgan fingerprint density at radius 3 is 2.77 bits per heavy atom. The Kier molecular flexibility index (Phi) is 7.86. The normalized spacial score (nSPS) is 10.6. The maximum atomic E-state index is 12.2. The summed E-state index contributed by atoms with van der Waals surface area (Å²) in [6.07, 6.45) is 0. The Balaban J connectivity index is 1.89. The molecule has 2 N–H and O–H groups in total. The minimum absolute atomic E-state index is 0.177. The number of hydrogen-bond acceptors (Lipinski definition) is 8. The minimum atomic E-state index is -0.457. The van der Waals surface area contributed by atoms with Crippen molar-refractivity contribution >= 4 is 45.8 Å². The van der Waals surface area contributed by atoms with E-state index in [1.165, 1.54) is 23.1 Å². The van der Waals surface area contributed by atoms with Crippen molar-refractivity contribution in [1.29, 1.82) is 0 Å². The topological polar surface area (TPSA) is 93.2 Å². The highest BCUT2D eigenvalue weighted by Gasteiger charge is 2.14. The predicted molar refractivity (Wildman–Crippen MR) is 105 cm³/mol. The molecule has 0 spiro atoms. The zero-order chi connectivity index (χ0) is 18.9. The molecule has 0 aliphatic rings. The number of carbonyl (C=O) groups is 2. The van der Waals surface area contributed by atoms with Gasteiger partial charge in [0.2, 0.25) is 11.0 Å². The van der Waals surface area contributed by atoms with E-state index in [1.807, 2.05) is 0 Å². The molecule has 2 aromatic rings. The maximum absolute atomic E-state index is 12.2. The molecule has 9 heteroatoms. The van der Waals surface area contributed by atoms with E-state index >= 15 is 0 Å². The van der Waals surface area contributed by atoms with E-state index in [0.29, 0.717) is 21.5 Å². The summed E-state index contributed by atoms with van der Waals surface area (Å²) >= 11 is 2.72. The zero-order valence-corrected chi connectivity index (χ0v) is 16.6. The number of anilines is 2. The number of para-hydroxylation sites is 1. The number of carbonyl (C=O) groups excluding carboxylic acids is 2. The summed E-state index contributed by atoms with van der Waals surface area (Å²) < 4.78 is 5.72. The van der Waals surface area contributed by atoms with Gasteiger partial charge >= 0.3 is 5.97 Å². The van der Waals surface area contributed by atoms with Gasteiger partial charge in [-0.2, -0.15) is 0 Å². The molecule has 0 bridgehead atoms. The van der Waals surface area contributed by atoms with Gasteiger partial charge in [0.1, 0.15) is 0 Å². The van der Waals surface area contributed by atoms with Gasteiger partial charge < -0.3 is 15.4 Å². The van der Waals surface area contributed by atoms with Crippen LogP contribution in [0.15, 0.2) is 28.6 Å². The molecule has 1 aromatic heterocycles. The standard InChI is InChI=1S/C17H22N4O3S2/c1-4-24-15(23)12-7-5-6-8-13(12)19-14(22)10-25-17-21-20-16(26-17)18-9-11(2)3/h5-8,11H,4,9-10H2,1-3H3,(H,18,20)(H,19,22). The third-order valence-electron chi connectivity index (χ3n) is 3.09. The van der Waals surface area contributed by atoms with Gasteiger partial charge in [-0.1, -0.05) is 49.1 Å². The lowest BCUT2D eigenvalue weighted by atomic mass is 10.2. The number of esters is 1. The van der Waals surface area contributed by atoms with E-state index in [-0.39, 0.29) is 18.3 Å². The van der Waals surface area contributed by atoms with Crippen molar-refractivity contribution in [3.05, 3.63) is 29.8 Å². The SMILES string of the molecule is CCOC(=O)c1ccccc1NC(=O)CSc1nnc(NCC(C)C)s1. The minimum Gasteiger partial charge on any atom is -0.462 e. The number of rotatable bonds is 9. The molecule has 0 aliphatic heterocycles. The summed E-state index contributed by atoms with van der Waals surface area (Å²) in [7, 11) is 0. The van der Waals surface area contributed by atoms with Crippen LogP contribution in [0.1, 0.15) is 31.1 Å². The molecule has 0 saturated carbocycles. The predicted octanol–water partition coefficient (Wildman–Crippen LogP) is 3.51. The molecule has 7 nitrogen and oxygen atoms in total. The van der Waals surface area contributed by atoms with Crippen LogP contribution in [0.25, 0.3) is 0 Å². The van der Waals surface area contributed by atoms with Crippen LogP contribution < -0.4 is 10.6 Å². The second-order valence-electron chi connectivity index (χ2n) is 5.75. The molecule has 0 unspecified atom stereocenters. The molecular formula is C17H22N4O3S2. The molecule has 0 aliphatic carbocycles. The monoisotopic (exact) mass is 394 g/mol. The van der Waals surface area contributed by atoms with E-state index < -0.39 is 5.97 Å². The number of aromatic nitrogens is 2. The van der Waals surface area contributed by atoms with Crippen LogP contribution in [0.3, 0.4) is 0 Å². The molecule has 26 heavy (non-hydrogen) atoms. The van der Waals surface area contributed by atoms with Gasteiger partial charge in [-0.15, -0.1) is 10.2 Å². The summed E-state index contributed by atoms with van der Waals surface area (Å²) in [6.45, 7) is 7.07.